The summed E-state index contributed by atoms with van der Waals surface area (Å²) in [5, 5.41) is 0. The molecule has 3 heteroatoms. The zero-order valence-electron chi connectivity index (χ0n) is 12.3. The van der Waals surface area contributed by atoms with Crippen molar-refractivity contribution >= 4 is 5.97 Å². The average Bonchev–Trinajstić information content (AvgIpc) is 2.43. The van der Waals surface area contributed by atoms with Gasteiger partial charge in [0.2, 0.25) is 0 Å². The first-order chi connectivity index (χ1) is 9.22. The Labute approximate surface area is 117 Å². The van der Waals surface area contributed by atoms with E-state index in [1.165, 1.54) is 39.2 Å². The van der Waals surface area contributed by atoms with Crippen molar-refractivity contribution in [1.29, 1.82) is 0 Å². The van der Waals surface area contributed by atoms with Crippen molar-refractivity contribution in [1.82, 2.24) is 0 Å². The van der Waals surface area contributed by atoms with E-state index < -0.39 is 0 Å². The number of carbonyl (C=O) groups is 1. The van der Waals surface area contributed by atoms with E-state index in [-0.39, 0.29) is 5.97 Å². The summed E-state index contributed by atoms with van der Waals surface area (Å²) in [6, 6.07) is 0. The second kappa shape index (κ2) is 9.13. The lowest BCUT2D eigenvalue weighted by Gasteiger charge is -2.36. The summed E-state index contributed by atoms with van der Waals surface area (Å²) < 4.78 is 4.62. The highest BCUT2D eigenvalue weighted by Crippen LogP contribution is 2.42. The number of ether oxygens (including phenoxy) is 1. The van der Waals surface area contributed by atoms with Crippen molar-refractivity contribution in [3.8, 4) is 0 Å². The van der Waals surface area contributed by atoms with E-state index in [1.807, 2.05) is 0 Å². The van der Waals surface area contributed by atoms with Crippen LogP contribution in [0.4, 0.5) is 0 Å². The maximum atomic E-state index is 11.0. The highest BCUT2D eigenvalue weighted by molar-refractivity contribution is 5.68. The number of allylic oxidation sites excluding steroid dienone is 2. The number of esters is 1. The first-order valence-electron chi connectivity index (χ1n) is 7.64. The third-order valence-corrected chi connectivity index (χ3v) is 4.29. The third kappa shape index (κ3) is 6.24. The van der Waals surface area contributed by atoms with Crippen molar-refractivity contribution in [2.45, 2.75) is 64.2 Å². The van der Waals surface area contributed by atoms with Crippen LogP contribution in [0.5, 0.6) is 0 Å². The van der Waals surface area contributed by atoms with Crippen molar-refractivity contribution in [3.05, 3.63) is 12.2 Å². The van der Waals surface area contributed by atoms with Gasteiger partial charge in [0.05, 0.1) is 7.11 Å². The van der Waals surface area contributed by atoms with Crippen LogP contribution in [0.3, 0.4) is 0 Å². The highest BCUT2D eigenvalue weighted by Gasteiger charge is 2.29. The molecule has 1 aliphatic rings. The monoisotopic (exact) mass is 267 g/mol. The van der Waals surface area contributed by atoms with Crippen LogP contribution in [0.15, 0.2) is 12.2 Å². The number of hydrogen-bond donors (Lipinski definition) is 1. The van der Waals surface area contributed by atoms with Gasteiger partial charge in [-0.05, 0) is 50.5 Å². The fourth-order valence-corrected chi connectivity index (χ4v) is 3.08. The lowest BCUT2D eigenvalue weighted by molar-refractivity contribution is -0.140. The quantitative estimate of drug-likeness (QED) is 0.415. The van der Waals surface area contributed by atoms with Crippen molar-refractivity contribution in [2.24, 2.45) is 11.1 Å². The van der Waals surface area contributed by atoms with Crippen molar-refractivity contribution in [2.75, 3.05) is 13.7 Å². The summed E-state index contributed by atoms with van der Waals surface area (Å²) in [6.45, 7) is 0.802. The Morgan fingerprint density at radius 2 is 2.00 bits per heavy atom. The average molecular weight is 267 g/mol. The lowest BCUT2D eigenvalue weighted by atomic mass is 9.69. The Hall–Kier alpha value is -0.830. The van der Waals surface area contributed by atoms with Crippen LogP contribution in [0.2, 0.25) is 0 Å². The molecular weight excluding hydrogens is 238 g/mol. The van der Waals surface area contributed by atoms with Crippen LogP contribution in [0.1, 0.15) is 64.2 Å². The van der Waals surface area contributed by atoms with E-state index in [0.29, 0.717) is 11.8 Å². The predicted octanol–water partition coefficient (Wildman–Crippen LogP) is 3.58. The first kappa shape index (κ1) is 16.2. The molecule has 0 aromatic heterocycles. The number of hydrogen-bond acceptors (Lipinski definition) is 3. The number of nitrogens with two attached hydrogens (primary N) is 1. The minimum absolute atomic E-state index is 0.111. The van der Waals surface area contributed by atoms with Crippen LogP contribution in [0.25, 0.3) is 0 Å². The molecule has 0 radical (unpaired) electrons. The Bertz CT molecular complexity index is 275. The third-order valence-electron chi connectivity index (χ3n) is 4.29. The van der Waals surface area contributed by atoms with Crippen LogP contribution >= 0.6 is 0 Å². The van der Waals surface area contributed by atoms with E-state index in [0.717, 1.165) is 32.2 Å². The van der Waals surface area contributed by atoms with Gasteiger partial charge in [0.15, 0.2) is 0 Å². The molecule has 19 heavy (non-hydrogen) atoms. The Balaban J connectivity index is 2.25. The SMILES string of the molecule is COC(=O)CCCC=CCC1(CCN)CCCCC1. The van der Waals surface area contributed by atoms with Gasteiger partial charge in [0.25, 0.3) is 0 Å². The zero-order valence-corrected chi connectivity index (χ0v) is 12.3. The molecule has 0 unspecified atom stereocenters. The van der Waals surface area contributed by atoms with Gasteiger partial charge in [-0.15, -0.1) is 0 Å². The molecule has 1 aliphatic carbocycles. The Kier molecular flexibility index (Phi) is 7.80. The molecule has 1 fully saturated rings. The van der Waals surface area contributed by atoms with Gasteiger partial charge in [-0.1, -0.05) is 31.4 Å². The molecule has 0 atom stereocenters. The fourth-order valence-electron chi connectivity index (χ4n) is 3.08. The number of rotatable bonds is 8. The second-order valence-electron chi connectivity index (χ2n) is 5.74. The number of unbranched alkanes of at least 4 members (excludes halogenated alkanes) is 1. The molecule has 110 valence electrons. The highest BCUT2D eigenvalue weighted by atomic mass is 16.5. The van der Waals surface area contributed by atoms with E-state index in [4.69, 9.17) is 5.73 Å². The molecule has 0 aromatic carbocycles. The predicted molar refractivity (Wildman–Crippen MR) is 78.8 cm³/mol. The van der Waals surface area contributed by atoms with Gasteiger partial charge >= 0.3 is 5.97 Å². The molecule has 1 rings (SSSR count). The molecule has 2 N–H and O–H groups in total. The molecule has 3 nitrogen and oxygen atoms in total. The van der Waals surface area contributed by atoms with Crippen LogP contribution in [-0.4, -0.2) is 19.6 Å². The molecular formula is C16H29NO2. The lowest BCUT2D eigenvalue weighted by Crippen LogP contribution is -2.26. The summed E-state index contributed by atoms with van der Waals surface area (Å²) in [5.74, 6) is -0.111. The van der Waals surface area contributed by atoms with E-state index in [2.05, 4.69) is 16.9 Å². The molecule has 0 bridgehead atoms. The zero-order chi connectivity index (χ0) is 14.0. The van der Waals surface area contributed by atoms with Gasteiger partial charge in [0, 0.05) is 6.42 Å². The largest absolute Gasteiger partial charge is 0.469 e. The molecule has 0 heterocycles. The van der Waals surface area contributed by atoms with Crippen LogP contribution in [0, 0.1) is 5.41 Å². The molecule has 0 aromatic rings. The van der Waals surface area contributed by atoms with Crippen LogP contribution < -0.4 is 5.73 Å². The molecule has 1 saturated carbocycles. The summed E-state index contributed by atoms with van der Waals surface area (Å²) in [5.41, 5.74) is 6.23. The number of methoxy groups -OCH3 is 1. The summed E-state index contributed by atoms with van der Waals surface area (Å²) >= 11 is 0. The van der Waals surface area contributed by atoms with Crippen LogP contribution in [-0.2, 0) is 9.53 Å². The molecule has 0 saturated heterocycles. The standard InChI is InChI=1S/C16H29NO2/c1-19-15(18)9-5-2-3-6-10-16(13-14-17)11-7-4-8-12-16/h3,6H,2,4-5,7-14,17H2,1H3. The molecule has 0 spiro atoms. The van der Waals surface area contributed by atoms with E-state index in [1.54, 1.807) is 0 Å². The van der Waals surface area contributed by atoms with E-state index >= 15 is 0 Å². The maximum Gasteiger partial charge on any atom is 0.305 e. The first-order valence-corrected chi connectivity index (χ1v) is 7.64. The van der Waals surface area contributed by atoms with E-state index in [9.17, 15) is 4.79 Å². The fraction of sp³-hybridized carbons (Fsp3) is 0.812. The van der Waals surface area contributed by atoms with Gasteiger partial charge < -0.3 is 10.5 Å². The maximum absolute atomic E-state index is 11.0. The minimum atomic E-state index is -0.111. The molecule has 0 amide bonds. The van der Waals surface area contributed by atoms with Gasteiger partial charge in [-0.2, -0.15) is 0 Å². The Morgan fingerprint density at radius 3 is 2.63 bits per heavy atom. The van der Waals surface area contributed by atoms with Gasteiger partial charge in [-0.25, -0.2) is 0 Å². The second-order valence-corrected chi connectivity index (χ2v) is 5.74. The van der Waals surface area contributed by atoms with Gasteiger partial charge in [0.1, 0.15) is 0 Å². The minimum Gasteiger partial charge on any atom is -0.469 e. The molecule has 0 aliphatic heterocycles. The summed E-state index contributed by atoms with van der Waals surface area (Å²) in [7, 11) is 1.44. The van der Waals surface area contributed by atoms with Gasteiger partial charge in [-0.3, -0.25) is 4.79 Å². The number of carbonyl (C=O) groups excluding carboxylic acids is 1. The summed E-state index contributed by atoms with van der Waals surface area (Å²) in [4.78, 5) is 11.0. The summed E-state index contributed by atoms with van der Waals surface area (Å²) in [6.07, 6.45) is 16.0. The normalized spacial score (nSPS) is 18.6. The van der Waals surface area contributed by atoms with Crippen molar-refractivity contribution < 1.29 is 9.53 Å². The topological polar surface area (TPSA) is 52.3 Å². The van der Waals surface area contributed by atoms with Crippen molar-refractivity contribution in [3.63, 3.8) is 0 Å². The Morgan fingerprint density at radius 1 is 1.26 bits per heavy atom. The smallest absolute Gasteiger partial charge is 0.305 e.